The van der Waals surface area contributed by atoms with Crippen LogP contribution in [0.15, 0.2) is 30.3 Å². The third-order valence-electron chi connectivity index (χ3n) is 4.52. The number of amides is 1. The number of carbonyl (C=O) groups excluding carboxylic acids is 1. The summed E-state index contributed by atoms with van der Waals surface area (Å²) in [5.74, 6) is 0.288. The molecule has 1 aromatic carbocycles. The Morgan fingerprint density at radius 1 is 1.22 bits per heavy atom. The minimum absolute atomic E-state index is 0.0417. The van der Waals surface area contributed by atoms with Crippen LogP contribution in [0.3, 0.4) is 0 Å². The number of carbonyl (C=O) groups is 1. The first kappa shape index (κ1) is 13.1. The van der Waals surface area contributed by atoms with Crippen molar-refractivity contribution in [3.8, 4) is 0 Å². The van der Waals surface area contributed by atoms with Crippen LogP contribution in [0.4, 0.5) is 0 Å². The van der Waals surface area contributed by atoms with Crippen molar-refractivity contribution in [2.45, 2.75) is 52.6 Å². The molecule has 2 nitrogen and oxygen atoms in total. The van der Waals surface area contributed by atoms with Gasteiger partial charge in [-0.15, -0.1) is 0 Å². The molecule has 0 radical (unpaired) electrons. The van der Waals surface area contributed by atoms with E-state index in [4.69, 9.17) is 0 Å². The molecule has 2 rings (SSSR count). The lowest BCUT2D eigenvalue weighted by Crippen LogP contribution is -2.51. The minimum Gasteiger partial charge on any atom is -0.332 e. The smallest absolute Gasteiger partial charge is 0.223 e. The first-order valence-corrected chi connectivity index (χ1v) is 6.69. The van der Waals surface area contributed by atoms with Crippen LogP contribution in [0.2, 0.25) is 0 Å². The second-order valence-electron chi connectivity index (χ2n) is 6.49. The summed E-state index contributed by atoms with van der Waals surface area (Å²) in [6, 6.07) is 10.3. The van der Waals surface area contributed by atoms with E-state index in [1.54, 1.807) is 0 Å². The lowest BCUT2D eigenvalue weighted by atomic mass is 9.73. The molecule has 1 aliphatic heterocycles. The maximum absolute atomic E-state index is 12.2. The maximum Gasteiger partial charge on any atom is 0.223 e. The number of nitrogens with zero attached hydrogens (tertiary/aromatic N) is 1. The van der Waals surface area contributed by atoms with Crippen LogP contribution >= 0.6 is 0 Å². The van der Waals surface area contributed by atoms with Gasteiger partial charge in [0.2, 0.25) is 5.91 Å². The van der Waals surface area contributed by atoms with E-state index in [1.165, 1.54) is 5.56 Å². The van der Waals surface area contributed by atoms with Crippen molar-refractivity contribution in [1.82, 2.24) is 4.90 Å². The van der Waals surface area contributed by atoms with Crippen LogP contribution in [0.5, 0.6) is 0 Å². The molecule has 2 heteroatoms. The predicted octanol–water partition coefficient (Wildman–Crippen LogP) is 3.61. The second-order valence-corrected chi connectivity index (χ2v) is 6.49. The van der Waals surface area contributed by atoms with Gasteiger partial charge in [0.05, 0.1) is 0 Å². The third-order valence-corrected chi connectivity index (χ3v) is 4.52. The van der Waals surface area contributed by atoms with Crippen LogP contribution in [0, 0.1) is 5.41 Å². The van der Waals surface area contributed by atoms with Crippen molar-refractivity contribution >= 4 is 5.91 Å². The average molecular weight is 245 g/mol. The fraction of sp³-hybridized carbons (Fsp3) is 0.562. The molecule has 1 aliphatic rings. The molecule has 18 heavy (non-hydrogen) atoms. The van der Waals surface area contributed by atoms with Crippen molar-refractivity contribution in [2.24, 2.45) is 5.41 Å². The Bertz CT molecular complexity index is 432. The molecule has 0 aromatic heterocycles. The number of benzene rings is 1. The van der Waals surface area contributed by atoms with E-state index in [9.17, 15) is 4.79 Å². The van der Waals surface area contributed by atoms with Gasteiger partial charge in [0.1, 0.15) is 0 Å². The molecule has 1 unspecified atom stereocenters. The van der Waals surface area contributed by atoms with Crippen molar-refractivity contribution in [3.63, 3.8) is 0 Å². The topological polar surface area (TPSA) is 20.3 Å². The quantitative estimate of drug-likeness (QED) is 0.779. The van der Waals surface area contributed by atoms with Crippen molar-refractivity contribution in [1.29, 1.82) is 0 Å². The zero-order valence-corrected chi connectivity index (χ0v) is 11.9. The van der Waals surface area contributed by atoms with Crippen molar-refractivity contribution < 1.29 is 4.79 Å². The summed E-state index contributed by atoms with van der Waals surface area (Å²) >= 11 is 0. The van der Waals surface area contributed by atoms with Gasteiger partial charge in [-0.05, 0) is 24.3 Å². The summed E-state index contributed by atoms with van der Waals surface area (Å²) in [5, 5.41) is 0. The van der Waals surface area contributed by atoms with E-state index in [0.29, 0.717) is 6.42 Å². The molecule has 0 spiro atoms. The van der Waals surface area contributed by atoms with Gasteiger partial charge in [-0.3, -0.25) is 4.79 Å². The molecular formula is C16H23NO. The number of rotatable bonds is 2. The molecule has 1 amide bonds. The van der Waals surface area contributed by atoms with Gasteiger partial charge < -0.3 is 4.90 Å². The fourth-order valence-corrected chi connectivity index (χ4v) is 2.70. The molecular weight excluding hydrogens is 222 g/mol. The Labute approximate surface area is 110 Å². The molecule has 1 fully saturated rings. The molecule has 1 heterocycles. The van der Waals surface area contributed by atoms with Gasteiger partial charge in [0.15, 0.2) is 0 Å². The van der Waals surface area contributed by atoms with Crippen LogP contribution in [0.1, 0.15) is 46.1 Å². The standard InChI is InChI=1S/C16H23NO/c1-15(2,3)16(4)11-10-14(18)17(16)12-13-8-6-5-7-9-13/h5-9H,10-12H2,1-4H3. The third kappa shape index (κ3) is 2.16. The van der Waals surface area contributed by atoms with Gasteiger partial charge in [-0.1, -0.05) is 51.1 Å². The Balaban J connectivity index is 2.27. The summed E-state index contributed by atoms with van der Waals surface area (Å²) in [5.41, 5.74) is 1.27. The Hall–Kier alpha value is -1.31. The normalized spacial score (nSPS) is 24.7. The Kier molecular flexibility index (Phi) is 3.22. The maximum atomic E-state index is 12.2. The largest absolute Gasteiger partial charge is 0.332 e. The highest BCUT2D eigenvalue weighted by molar-refractivity contribution is 5.79. The van der Waals surface area contributed by atoms with Gasteiger partial charge in [-0.25, -0.2) is 0 Å². The zero-order valence-electron chi connectivity index (χ0n) is 11.9. The lowest BCUT2D eigenvalue weighted by Gasteiger charge is -2.45. The second kappa shape index (κ2) is 4.42. The highest BCUT2D eigenvalue weighted by Crippen LogP contribution is 2.44. The molecule has 0 N–H and O–H groups in total. The van der Waals surface area contributed by atoms with E-state index in [1.807, 2.05) is 18.2 Å². The van der Waals surface area contributed by atoms with Crippen molar-refractivity contribution in [3.05, 3.63) is 35.9 Å². The molecule has 1 saturated heterocycles. The van der Waals surface area contributed by atoms with E-state index >= 15 is 0 Å². The average Bonchev–Trinajstić information content (AvgIpc) is 2.59. The van der Waals surface area contributed by atoms with Crippen molar-refractivity contribution in [2.75, 3.05) is 0 Å². The first-order valence-electron chi connectivity index (χ1n) is 6.69. The Morgan fingerprint density at radius 3 is 2.39 bits per heavy atom. The summed E-state index contributed by atoms with van der Waals surface area (Å²) in [4.78, 5) is 14.2. The zero-order chi connectivity index (χ0) is 13.4. The van der Waals surface area contributed by atoms with E-state index in [-0.39, 0.29) is 16.9 Å². The van der Waals surface area contributed by atoms with Gasteiger partial charge >= 0.3 is 0 Å². The molecule has 1 aromatic rings. The number of likely N-dealkylation sites (tertiary alicyclic amines) is 1. The highest BCUT2D eigenvalue weighted by atomic mass is 16.2. The van der Waals surface area contributed by atoms with Gasteiger partial charge in [-0.2, -0.15) is 0 Å². The fourth-order valence-electron chi connectivity index (χ4n) is 2.70. The summed E-state index contributed by atoms with van der Waals surface area (Å²) in [7, 11) is 0. The summed E-state index contributed by atoms with van der Waals surface area (Å²) in [6.45, 7) is 9.63. The van der Waals surface area contributed by atoms with Gasteiger partial charge in [0, 0.05) is 18.5 Å². The van der Waals surface area contributed by atoms with E-state index < -0.39 is 0 Å². The highest BCUT2D eigenvalue weighted by Gasteiger charge is 2.48. The molecule has 1 atom stereocenters. The van der Waals surface area contributed by atoms with Crippen LogP contribution < -0.4 is 0 Å². The molecule has 0 bridgehead atoms. The minimum atomic E-state index is -0.0417. The Morgan fingerprint density at radius 2 is 1.83 bits per heavy atom. The predicted molar refractivity (Wildman–Crippen MR) is 74.1 cm³/mol. The lowest BCUT2D eigenvalue weighted by molar-refractivity contribution is -0.134. The summed E-state index contributed by atoms with van der Waals surface area (Å²) in [6.07, 6.45) is 1.64. The molecule has 98 valence electrons. The van der Waals surface area contributed by atoms with Crippen LogP contribution in [0.25, 0.3) is 0 Å². The monoisotopic (exact) mass is 245 g/mol. The summed E-state index contributed by atoms with van der Waals surface area (Å²) < 4.78 is 0. The number of hydrogen-bond acceptors (Lipinski definition) is 1. The van der Waals surface area contributed by atoms with E-state index in [0.717, 1.165) is 13.0 Å². The first-order chi connectivity index (χ1) is 8.34. The van der Waals surface area contributed by atoms with Crippen LogP contribution in [-0.4, -0.2) is 16.3 Å². The SMILES string of the molecule is CC(C)(C)C1(C)CCC(=O)N1Cc1ccccc1. The number of hydrogen-bond donors (Lipinski definition) is 0. The molecule has 0 saturated carbocycles. The molecule has 0 aliphatic carbocycles. The van der Waals surface area contributed by atoms with Gasteiger partial charge in [0.25, 0.3) is 0 Å². The van der Waals surface area contributed by atoms with Crippen LogP contribution in [-0.2, 0) is 11.3 Å². The van der Waals surface area contributed by atoms with E-state index in [2.05, 4.69) is 44.7 Å².